The molecule has 0 unspecified atom stereocenters. The lowest BCUT2D eigenvalue weighted by atomic mass is 9.87. The molecule has 0 aliphatic carbocycles. The molecule has 4 N–H and O–H groups in total. The summed E-state index contributed by atoms with van der Waals surface area (Å²) in [5, 5.41) is 29.6. The van der Waals surface area contributed by atoms with Gasteiger partial charge in [0.05, 0.1) is 18.2 Å². The molecule has 3 heterocycles. The van der Waals surface area contributed by atoms with Crippen LogP contribution in [0.3, 0.4) is 0 Å². The number of carbonyl (C=O) groups is 1. The molecule has 10 heteroatoms. The smallest absolute Gasteiger partial charge is 0.252 e. The molecule has 184 valence electrons. The van der Waals surface area contributed by atoms with E-state index >= 15 is 0 Å². The van der Waals surface area contributed by atoms with Crippen molar-refractivity contribution in [3.05, 3.63) is 76.4 Å². The summed E-state index contributed by atoms with van der Waals surface area (Å²) in [5.74, 6) is 0.775. The van der Waals surface area contributed by atoms with Crippen LogP contribution in [0.4, 0.5) is 17.5 Å². The molecule has 5 rings (SSSR count). The third kappa shape index (κ3) is 5.05. The number of nitrogens with zero attached hydrogens (tertiary/aromatic N) is 4. The maximum Gasteiger partial charge on any atom is 0.252 e. The average Bonchev–Trinajstić information content (AvgIpc) is 3.29. The number of carbonyl (C=O) groups excluding carboxylic acids is 1. The van der Waals surface area contributed by atoms with Gasteiger partial charge in [0.2, 0.25) is 5.95 Å². The van der Waals surface area contributed by atoms with Crippen molar-refractivity contribution in [3.63, 3.8) is 0 Å². The van der Waals surface area contributed by atoms with E-state index in [0.29, 0.717) is 33.6 Å². The molecule has 0 saturated carbocycles. The number of aliphatic hydroxyl groups is 1. The number of benzene rings is 2. The van der Waals surface area contributed by atoms with Gasteiger partial charge in [0.15, 0.2) is 5.01 Å². The summed E-state index contributed by atoms with van der Waals surface area (Å²) in [5.41, 5.74) is 3.69. The van der Waals surface area contributed by atoms with Crippen LogP contribution in [0.5, 0.6) is 0 Å². The van der Waals surface area contributed by atoms with Crippen LogP contribution in [0.15, 0.2) is 54.7 Å². The Kier molecular flexibility index (Phi) is 6.38. The van der Waals surface area contributed by atoms with Crippen LogP contribution in [-0.4, -0.2) is 43.3 Å². The minimum absolute atomic E-state index is 0.0937. The Morgan fingerprint density at radius 2 is 1.94 bits per heavy atom. The quantitative estimate of drug-likeness (QED) is 0.296. The molecule has 0 spiro atoms. The van der Waals surface area contributed by atoms with E-state index in [1.54, 1.807) is 6.20 Å². The van der Waals surface area contributed by atoms with Gasteiger partial charge in [-0.1, -0.05) is 47.7 Å². The van der Waals surface area contributed by atoms with E-state index in [4.69, 9.17) is 4.98 Å². The number of fused-ring (bicyclic) bond motifs is 1. The van der Waals surface area contributed by atoms with Crippen molar-refractivity contribution < 1.29 is 9.90 Å². The molecule has 0 bridgehead atoms. The first kappa shape index (κ1) is 23.8. The van der Waals surface area contributed by atoms with Gasteiger partial charge in [-0.3, -0.25) is 4.79 Å². The Bertz CT molecular complexity index is 1400. The number of rotatable bonds is 7. The number of aryl methyl sites for hydroxylation is 1. The van der Waals surface area contributed by atoms with E-state index in [-0.39, 0.29) is 24.1 Å². The monoisotopic (exact) mass is 501 g/mol. The lowest BCUT2D eigenvalue weighted by Gasteiger charge is -2.32. The van der Waals surface area contributed by atoms with Crippen LogP contribution in [0.2, 0.25) is 0 Å². The Morgan fingerprint density at radius 3 is 2.67 bits per heavy atom. The van der Waals surface area contributed by atoms with Crippen molar-refractivity contribution in [1.82, 2.24) is 25.5 Å². The summed E-state index contributed by atoms with van der Waals surface area (Å²) >= 11 is 1.44. The van der Waals surface area contributed by atoms with Crippen molar-refractivity contribution in [3.8, 4) is 10.6 Å². The molecule has 9 nitrogen and oxygen atoms in total. The number of hydrogen-bond acceptors (Lipinski definition) is 9. The number of nitrogens with one attached hydrogen (secondary N) is 3. The van der Waals surface area contributed by atoms with Crippen LogP contribution in [0.1, 0.15) is 46.4 Å². The second-order valence-electron chi connectivity index (χ2n) is 9.38. The molecule has 1 aliphatic rings. The predicted octanol–water partition coefficient (Wildman–Crippen LogP) is 4.26. The fourth-order valence-corrected chi connectivity index (χ4v) is 4.95. The highest BCUT2D eigenvalue weighted by molar-refractivity contribution is 7.14. The molecule has 0 radical (unpaired) electrons. The number of anilines is 3. The third-order valence-corrected chi connectivity index (χ3v) is 6.81. The van der Waals surface area contributed by atoms with Crippen molar-refractivity contribution in [2.24, 2.45) is 0 Å². The Hall–Kier alpha value is -3.89. The van der Waals surface area contributed by atoms with E-state index in [0.717, 1.165) is 22.6 Å². The standard InChI is InChI=1S/C26H27N7O2S/c1-15-32-33-24(36-15)20-13-27-25(30-22(20)29-21(14-34)16-7-5-4-6-8-16)28-18-10-9-17-12-26(2,3)31-23(35)19(17)11-18/h4-11,13,21,34H,12,14H2,1-3H3,(H,31,35)(H2,27,28,29,30)/t21-/m1/s1. The minimum Gasteiger partial charge on any atom is -0.394 e. The number of amides is 1. The minimum atomic E-state index is -0.377. The molecule has 0 saturated heterocycles. The van der Waals surface area contributed by atoms with Crippen LogP contribution in [0.25, 0.3) is 10.6 Å². The fraction of sp³-hybridized carbons (Fsp3) is 0.269. The molecule has 36 heavy (non-hydrogen) atoms. The first-order valence-electron chi connectivity index (χ1n) is 11.6. The van der Waals surface area contributed by atoms with Gasteiger partial charge in [-0.2, -0.15) is 4.98 Å². The second kappa shape index (κ2) is 9.63. The number of hydrogen-bond donors (Lipinski definition) is 4. The van der Waals surface area contributed by atoms with Crippen LogP contribution in [0, 0.1) is 6.92 Å². The van der Waals surface area contributed by atoms with Crippen molar-refractivity contribution in [1.29, 1.82) is 0 Å². The van der Waals surface area contributed by atoms with E-state index in [9.17, 15) is 9.90 Å². The largest absolute Gasteiger partial charge is 0.394 e. The van der Waals surface area contributed by atoms with Crippen molar-refractivity contribution in [2.45, 2.75) is 38.8 Å². The van der Waals surface area contributed by atoms with Gasteiger partial charge in [0.25, 0.3) is 5.91 Å². The predicted molar refractivity (Wildman–Crippen MR) is 141 cm³/mol. The lowest BCUT2D eigenvalue weighted by molar-refractivity contribution is 0.0897. The van der Waals surface area contributed by atoms with E-state index < -0.39 is 0 Å². The second-order valence-corrected chi connectivity index (χ2v) is 10.6. The summed E-state index contributed by atoms with van der Waals surface area (Å²) in [6, 6.07) is 15.0. The fourth-order valence-electron chi connectivity index (χ4n) is 4.24. The van der Waals surface area contributed by atoms with E-state index in [1.165, 1.54) is 11.3 Å². The Morgan fingerprint density at radius 1 is 1.14 bits per heavy atom. The molecule has 0 fully saturated rings. The highest BCUT2D eigenvalue weighted by Crippen LogP contribution is 2.32. The van der Waals surface area contributed by atoms with Crippen molar-refractivity contribution in [2.75, 3.05) is 17.2 Å². The van der Waals surface area contributed by atoms with Crippen LogP contribution < -0.4 is 16.0 Å². The summed E-state index contributed by atoms with van der Waals surface area (Å²) in [6.07, 6.45) is 2.45. The zero-order valence-corrected chi connectivity index (χ0v) is 21.1. The number of aromatic nitrogens is 4. The van der Waals surface area contributed by atoms with Gasteiger partial charge < -0.3 is 21.1 Å². The third-order valence-electron chi connectivity index (χ3n) is 5.94. The Balaban J connectivity index is 1.47. The first-order valence-corrected chi connectivity index (χ1v) is 12.5. The van der Waals surface area contributed by atoms with E-state index in [2.05, 4.69) is 31.1 Å². The molecule has 1 amide bonds. The molecule has 1 atom stereocenters. The first-order chi connectivity index (χ1) is 17.3. The van der Waals surface area contributed by atoms with E-state index in [1.807, 2.05) is 69.3 Å². The maximum atomic E-state index is 12.6. The molecule has 4 aromatic rings. The van der Waals surface area contributed by atoms with Gasteiger partial charge >= 0.3 is 0 Å². The summed E-state index contributed by atoms with van der Waals surface area (Å²) in [6.45, 7) is 5.79. The van der Waals surface area contributed by atoms with Gasteiger partial charge in [-0.25, -0.2) is 4.98 Å². The molecule has 2 aromatic heterocycles. The average molecular weight is 502 g/mol. The highest BCUT2D eigenvalue weighted by Gasteiger charge is 2.30. The summed E-state index contributed by atoms with van der Waals surface area (Å²) in [4.78, 5) is 21.8. The molecular weight excluding hydrogens is 474 g/mol. The zero-order chi connectivity index (χ0) is 25.3. The highest BCUT2D eigenvalue weighted by atomic mass is 32.1. The Labute approximate surface area is 213 Å². The van der Waals surface area contributed by atoms with Crippen LogP contribution in [-0.2, 0) is 6.42 Å². The van der Waals surface area contributed by atoms with Gasteiger partial charge in [-0.05, 0) is 50.5 Å². The summed E-state index contributed by atoms with van der Waals surface area (Å²) < 4.78 is 0. The van der Waals surface area contributed by atoms with Crippen molar-refractivity contribution >= 4 is 34.7 Å². The number of aliphatic hydroxyl groups excluding tert-OH is 1. The van der Waals surface area contributed by atoms with Gasteiger partial charge in [-0.15, -0.1) is 10.2 Å². The normalized spacial score (nSPS) is 15.1. The zero-order valence-electron chi connectivity index (χ0n) is 20.2. The SMILES string of the molecule is Cc1nnc(-c2cnc(Nc3ccc4c(c3)C(=O)NC(C)(C)C4)nc2N[C@H](CO)c2ccccc2)s1. The molecule has 2 aromatic carbocycles. The van der Waals surface area contributed by atoms with Gasteiger partial charge in [0, 0.05) is 23.0 Å². The topological polar surface area (TPSA) is 125 Å². The van der Waals surface area contributed by atoms with Crippen LogP contribution >= 0.6 is 11.3 Å². The summed E-state index contributed by atoms with van der Waals surface area (Å²) in [7, 11) is 0. The molecular formula is C26H27N7O2S. The van der Waals surface area contributed by atoms with Gasteiger partial charge in [0.1, 0.15) is 10.8 Å². The maximum absolute atomic E-state index is 12.6. The molecule has 1 aliphatic heterocycles. The lowest BCUT2D eigenvalue weighted by Crippen LogP contribution is -2.49.